The van der Waals surface area contributed by atoms with Gasteiger partial charge in [-0.2, -0.15) is 4.31 Å². The van der Waals surface area contributed by atoms with Crippen molar-refractivity contribution in [1.29, 1.82) is 0 Å². The van der Waals surface area contributed by atoms with Crippen LogP contribution in [0.15, 0.2) is 0 Å². The van der Waals surface area contributed by atoms with Crippen molar-refractivity contribution in [3.8, 4) is 0 Å². The normalized spacial score (nSPS) is 12.7. The predicted octanol–water partition coefficient (Wildman–Crippen LogP) is 0.819. The third-order valence-electron chi connectivity index (χ3n) is 2.06. The van der Waals surface area contributed by atoms with Crippen molar-refractivity contribution >= 4 is 10.0 Å². The molecule has 0 unspecified atom stereocenters. The minimum Gasteiger partial charge on any atom is -0.396 e. The van der Waals surface area contributed by atoms with Crippen LogP contribution in [0.25, 0.3) is 0 Å². The molecule has 0 bridgehead atoms. The number of rotatable bonds is 7. The van der Waals surface area contributed by atoms with Crippen LogP contribution < -0.4 is 0 Å². The first-order valence-corrected chi connectivity index (χ1v) is 6.67. The molecule has 0 rings (SSSR count). The van der Waals surface area contributed by atoms with Gasteiger partial charge in [0, 0.05) is 19.2 Å². The maximum absolute atomic E-state index is 11.7. The van der Waals surface area contributed by atoms with Crippen LogP contribution in [0.4, 0.5) is 0 Å². The van der Waals surface area contributed by atoms with Gasteiger partial charge in [-0.1, -0.05) is 6.92 Å². The molecule has 86 valence electrons. The summed E-state index contributed by atoms with van der Waals surface area (Å²) in [5.41, 5.74) is 0. The molecule has 5 heteroatoms. The van der Waals surface area contributed by atoms with E-state index in [2.05, 4.69) is 0 Å². The summed E-state index contributed by atoms with van der Waals surface area (Å²) in [7, 11) is -3.12. The molecule has 0 saturated carbocycles. The average molecular weight is 223 g/mol. The topological polar surface area (TPSA) is 57.6 Å². The fraction of sp³-hybridized carbons (Fsp3) is 1.00. The maximum atomic E-state index is 11.7. The van der Waals surface area contributed by atoms with E-state index in [0.29, 0.717) is 19.4 Å². The van der Waals surface area contributed by atoms with Crippen LogP contribution in [-0.2, 0) is 10.0 Å². The van der Waals surface area contributed by atoms with E-state index >= 15 is 0 Å². The predicted molar refractivity (Wildman–Crippen MR) is 57.6 cm³/mol. The van der Waals surface area contributed by atoms with Gasteiger partial charge in [-0.25, -0.2) is 8.42 Å². The monoisotopic (exact) mass is 223 g/mol. The van der Waals surface area contributed by atoms with E-state index in [1.807, 2.05) is 20.8 Å². The molecule has 0 amide bonds. The van der Waals surface area contributed by atoms with Crippen molar-refractivity contribution in [1.82, 2.24) is 4.31 Å². The lowest BCUT2D eigenvalue weighted by Crippen LogP contribution is -2.38. The van der Waals surface area contributed by atoms with Gasteiger partial charge in [-0.05, 0) is 26.7 Å². The fourth-order valence-electron chi connectivity index (χ4n) is 1.40. The molecule has 0 aliphatic carbocycles. The molecular formula is C9H21NO3S. The van der Waals surface area contributed by atoms with Gasteiger partial charge in [-0.15, -0.1) is 0 Å². The number of unbranched alkanes of at least 4 members (excludes halogenated alkanes) is 1. The van der Waals surface area contributed by atoms with E-state index < -0.39 is 10.0 Å². The number of hydrogen-bond donors (Lipinski definition) is 1. The molecule has 0 radical (unpaired) electrons. The fourth-order valence-corrected chi connectivity index (χ4v) is 3.24. The standard InChI is InChI=1S/C9H21NO3S/c1-4-10(9(2)3)14(12,13)8-6-5-7-11/h9,11H,4-8H2,1-3H3. The average Bonchev–Trinajstić information content (AvgIpc) is 2.04. The first kappa shape index (κ1) is 13.9. The molecule has 0 atom stereocenters. The van der Waals surface area contributed by atoms with Crippen LogP contribution >= 0.6 is 0 Å². The number of sulfonamides is 1. The van der Waals surface area contributed by atoms with Crippen LogP contribution in [0.3, 0.4) is 0 Å². The molecule has 0 saturated heterocycles. The third-order valence-corrected chi connectivity index (χ3v) is 4.25. The van der Waals surface area contributed by atoms with Crippen molar-refractivity contribution in [2.24, 2.45) is 0 Å². The van der Waals surface area contributed by atoms with Crippen molar-refractivity contribution in [3.05, 3.63) is 0 Å². The van der Waals surface area contributed by atoms with Crippen LogP contribution in [0.1, 0.15) is 33.6 Å². The van der Waals surface area contributed by atoms with Crippen molar-refractivity contribution in [2.75, 3.05) is 18.9 Å². The number of nitrogens with zero attached hydrogens (tertiary/aromatic N) is 1. The SMILES string of the molecule is CCN(C(C)C)S(=O)(=O)CCCCO. The highest BCUT2D eigenvalue weighted by Gasteiger charge is 2.22. The van der Waals surface area contributed by atoms with E-state index in [9.17, 15) is 8.42 Å². The smallest absolute Gasteiger partial charge is 0.214 e. The van der Waals surface area contributed by atoms with Crippen molar-refractivity contribution in [3.63, 3.8) is 0 Å². The molecule has 0 heterocycles. The van der Waals surface area contributed by atoms with Crippen molar-refractivity contribution < 1.29 is 13.5 Å². The highest BCUT2D eigenvalue weighted by atomic mass is 32.2. The summed E-state index contributed by atoms with van der Waals surface area (Å²) in [4.78, 5) is 0. The summed E-state index contributed by atoms with van der Waals surface area (Å²) in [5, 5.41) is 8.56. The molecule has 0 aromatic rings. The highest BCUT2D eigenvalue weighted by Crippen LogP contribution is 2.08. The van der Waals surface area contributed by atoms with Crippen LogP contribution in [0, 0.1) is 0 Å². The zero-order valence-electron chi connectivity index (χ0n) is 9.23. The Morgan fingerprint density at radius 2 is 1.86 bits per heavy atom. The second-order valence-electron chi connectivity index (χ2n) is 3.54. The lowest BCUT2D eigenvalue weighted by atomic mass is 10.4. The Bertz CT molecular complexity index is 236. The van der Waals surface area contributed by atoms with Gasteiger partial charge < -0.3 is 5.11 Å². The Balaban J connectivity index is 4.28. The molecule has 4 nitrogen and oxygen atoms in total. The summed E-state index contributed by atoms with van der Waals surface area (Å²) < 4.78 is 24.9. The molecule has 0 aliphatic heterocycles. The molecule has 0 aromatic heterocycles. The number of aliphatic hydroxyl groups is 1. The van der Waals surface area contributed by atoms with Gasteiger partial charge >= 0.3 is 0 Å². The molecule has 0 aromatic carbocycles. The molecule has 0 spiro atoms. The van der Waals surface area contributed by atoms with Gasteiger partial charge in [0.15, 0.2) is 0 Å². The first-order valence-electron chi connectivity index (χ1n) is 5.06. The summed E-state index contributed by atoms with van der Waals surface area (Å²) in [6, 6.07) is 0.0131. The van der Waals surface area contributed by atoms with Gasteiger partial charge in [0.1, 0.15) is 0 Å². The number of hydrogen-bond acceptors (Lipinski definition) is 3. The van der Waals surface area contributed by atoms with Gasteiger partial charge in [0.2, 0.25) is 10.0 Å². The van der Waals surface area contributed by atoms with E-state index in [4.69, 9.17) is 5.11 Å². The molecular weight excluding hydrogens is 202 g/mol. The summed E-state index contributed by atoms with van der Waals surface area (Å²) in [6.07, 6.45) is 1.08. The Morgan fingerprint density at radius 3 is 2.21 bits per heavy atom. The Labute approximate surface area is 87.0 Å². The zero-order chi connectivity index (χ0) is 11.2. The summed E-state index contributed by atoms with van der Waals surface area (Å²) >= 11 is 0. The number of aliphatic hydroxyl groups excluding tert-OH is 1. The summed E-state index contributed by atoms with van der Waals surface area (Å²) in [6.45, 7) is 6.15. The third kappa shape index (κ3) is 4.39. The molecule has 0 fully saturated rings. The Hall–Kier alpha value is -0.130. The lowest BCUT2D eigenvalue weighted by molar-refractivity contribution is 0.286. The quantitative estimate of drug-likeness (QED) is 0.650. The highest BCUT2D eigenvalue weighted by molar-refractivity contribution is 7.89. The Kier molecular flexibility index (Phi) is 6.31. The van der Waals surface area contributed by atoms with Crippen LogP contribution in [0.2, 0.25) is 0 Å². The molecule has 1 N–H and O–H groups in total. The minimum absolute atomic E-state index is 0.0131. The maximum Gasteiger partial charge on any atom is 0.214 e. The van der Waals surface area contributed by atoms with Crippen molar-refractivity contribution in [2.45, 2.75) is 39.7 Å². The van der Waals surface area contributed by atoms with E-state index in [1.165, 1.54) is 4.31 Å². The molecule has 0 aliphatic rings. The Morgan fingerprint density at radius 1 is 1.29 bits per heavy atom. The van der Waals surface area contributed by atoms with Gasteiger partial charge in [0.05, 0.1) is 5.75 Å². The summed E-state index contributed by atoms with van der Waals surface area (Å²) in [5.74, 6) is 0.138. The lowest BCUT2D eigenvalue weighted by Gasteiger charge is -2.24. The van der Waals surface area contributed by atoms with Gasteiger partial charge in [0.25, 0.3) is 0 Å². The second-order valence-corrected chi connectivity index (χ2v) is 5.58. The van der Waals surface area contributed by atoms with E-state index in [0.717, 1.165) is 0 Å². The van der Waals surface area contributed by atoms with E-state index in [1.54, 1.807) is 0 Å². The zero-order valence-corrected chi connectivity index (χ0v) is 10.0. The first-order chi connectivity index (χ1) is 6.45. The van der Waals surface area contributed by atoms with Gasteiger partial charge in [-0.3, -0.25) is 0 Å². The van der Waals surface area contributed by atoms with Crippen LogP contribution in [0.5, 0.6) is 0 Å². The second kappa shape index (κ2) is 6.37. The van der Waals surface area contributed by atoms with Crippen LogP contribution in [-0.4, -0.2) is 42.8 Å². The largest absolute Gasteiger partial charge is 0.396 e. The van der Waals surface area contributed by atoms with E-state index in [-0.39, 0.29) is 18.4 Å². The molecule has 14 heavy (non-hydrogen) atoms. The minimum atomic E-state index is -3.12.